The van der Waals surface area contributed by atoms with Gasteiger partial charge in [0.1, 0.15) is 5.82 Å². The van der Waals surface area contributed by atoms with Gasteiger partial charge in [-0.1, -0.05) is 0 Å². The summed E-state index contributed by atoms with van der Waals surface area (Å²) in [5.41, 5.74) is 13.3. The van der Waals surface area contributed by atoms with Crippen LogP contribution in [0.4, 0.5) is 11.5 Å². The summed E-state index contributed by atoms with van der Waals surface area (Å²) in [6.45, 7) is 1.96. The van der Waals surface area contributed by atoms with E-state index in [2.05, 4.69) is 4.98 Å². The van der Waals surface area contributed by atoms with Crippen molar-refractivity contribution >= 4 is 22.3 Å². The minimum Gasteiger partial charge on any atom is -0.398 e. The summed E-state index contributed by atoms with van der Waals surface area (Å²) in [5.74, 6) is 0.556. The Hall–Kier alpha value is -1.77. The first kappa shape index (κ1) is 7.86. The molecule has 3 heteroatoms. The van der Waals surface area contributed by atoms with Crippen LogP contribution >= 0.6 is 0 Å². The second-order valence-electron chi connectivity index (χ2n) is 3.13. The predicted octanol–water partition coefficient (Wildman–Crippen LogP) is 1.71. The number of nitrogen functional groups attached to an aromatic ring is 2. The lowest BCUT2D eigenvalue weighted by Crippen LogP contribution is -1.94. The van der Waals surface area contributed by atoms with Gasteiger partial charge in [0.15, 0.2) is 0 Å². The molecule has 0 amide bonds. The fourth-order valence-electron chi connectivity index (χ4n) is 1.37. The molecule has 0 aliphatic heterocycles. The average molecular weight is 173 g/mol. The van der Waals surface area contributed by atoms with Crippen molar-refractivity contribution in [3.05, 3.63) is 30.0 Å². The number of hydrogen-bond acceptors (Lipinski definition) is 3. The van der Waals surface area contributed by atoms with Crippen molar-refractivity contribution in [3.63, 3.8) is 0 Å². The standard InChI is InChI=1S/C10H11N3/c1-6-4-8-7(5-9(6)11)2-3-13-10(8)12/h2-5H,11H2,1H3,(H2,12,13). The number of nitrogens with two attached hydrogens (primary N) is 2. The third kappa shape index (κ3) is 1.18. The molecule has 0 aliphatic carbocycles. The van der Waals surface area contributed by atoms with Crippen LogP contribution in [0, 0.1) is 6.92 Å². The van der Waals surface area contributed by atoms with Crippen molar-refractivity contribution in [2.45, 2.75) is 6.92 Å². The molecule has 4 N–H and O–H groups in total. The highest BCUT2D eigenvalue weighted by Crippen LogP contribution is 2.23. The number of rotatable bonds is 0. The molecule has 0 atom stereocenters. The van der Waals surface area contributed by atoms with E-state index in [9.17, 15) is 0 Å². The minimum atomic E-state index is 0.556. The van der Waals surface area contributed by atoms with Crippen LogP contribution in [-0.4, -0.2) is 4.98 Å². The number of aryl methyl sites for hydroxylation is 1. The molecule has 1 aromatic heterocycles. The van der Waals surface area contributed by atoms with Gasteiger partial charge in [0, 0.05) is 17.3 Å². The summed E-state index contributed by atoms with van der Waals surface area (Å²) in [6.07, 6.45) is 1.69. The fraction of sp³-hybridized carbons (Fsp3) is 0.100. The summed E-state index contributed by atoms with van der Waals surface area (Å²) >= 11 is 0. The third-order valence-corrected chi connectivity index (χ3v) is 2.18. The zero-order valence-corrected chi connectivity index (χ0v) is 7.41. The molecule has 0 unspecified atom stereocenters. The lowest BCUT2D eigenvalue weighted by atomic mass is 10.1. The highest BCUT2D eigenvalue weighted by atomic mass is 14.8. The number of pyridine rings is 1. The van der Waals surface area contributed by atoms with Gasteiger partial charge in [0.2, 0.25) is 0 Å². The molecule has 0 saturated carbocycles. The van der Waals surface area contributed by atoms with Crippen LogP contribution in [0.2, 0.25) is 0 Å². The Kier molecular flexibility index (Phi) is 1.59. The quantitative estimate of drug-likeness (QED) is 0.596. The molecule has 1 aromatic carbocycles. The highest BCUT2D eigenvalue weighted by Gasteiger charge is 2.01. The van der Waals surface area contributed by atoms with Crippen molar-refractivity contribution in [2.24, 2.45) is 0 Å². The molecule has 2 aromatic rings. The van der Waals surface area contributed by atoms with E-state index < -0.39 is 0 Å². The molecule has 0 saturated heterocycles. The van der Waals surface area contributed by atoms with Gasteiger partial charge in [-0.2, -0.15) is 0 Å². The zero-order chi connectivity index (χ0) is 9.42. The number of benzene rings is 1. The van der Waals surface area contributed by atoms with Crippen LogP contribution in [0.25, 0.3) is 10.8 Å². The number of fused-ring (bicyclic) bond motifs is 1. The molecule has 0 fully saturated rings. The van der Waals surface area contributed by atoms with Crippen molar-refractivity contribution in [1.29, 1.82) is 0 Å². The van der Waals surface area contributed by atoms with Gasteiger partial charge in [0.25, 0.3) is 0 Å². The van der Waals surface area contributed by atoms with Crippen molar-refractivity contribution in [3.8, 4) is 0 Å². The number of anilines is 2. The average Bonchev–Trinajstić information content (AvgIpc) is 2.09. The molecule has 0 spiro atoms. The molecule has 0 aliphatic rings. The Morgan fingerprint density at radius 1 is 1.23 bits per heavy atom. The molecular formula is C10H11N3. The molecule has 2 rings (SSSR count). The van der Waals surface area contributed by atoms with Crippen LogP contribution in [0.5, 0.6) is 0 Å². The first-order valence-corrected chi connectivity index (χ1v) is 4.09. The van der Waals surface area contributed by atoms with Crippen molar-refractivity contribution in [1.82, 2.24) is 4.98 Å². The molecular weight excluding hydrogens is 162 g/mol. The van der Waals surface area contributed by atoms with E-state index in [1.54, 1.807) is 6.20 Å². The minimum absolute atomic E-state index is 0.556. The summed E-state index contributed by atoms with van der Waals surface area (Å²) < 4.78 is 0. The lowest BCUT2D eigenvalue weighted by Gasteiger charge is -2.04. The van der Waals surface area contributed by atoms with E-state index in [0.717, 1.165) is 22.0 Å². The largest absolute Gasteiger partial charge is 0.398 e. The monoisotopic (exact) mass is 173 g/mol. The van der Waals surface area contributed by atoms with Gasteiger partial charge in [0.05, 0.1) is 0 Å². The van der Waals surface area contributed by atoms with E-state index in [4.69, 9.17) is 11.5 Å². The molecule has 0 radical (unpaired) electrons. The first-order valence-electron chi connectivity index (χ1n) is 4.09. The van der Waals surface area contributed by atoms with Gasteiger partial charge in [-0.05, 0) is 36.1 Å². The van der Waals surface area contributed by atoms with Crippen LogP contribution in [0.3, 0.4) is 0 Å². The molecule has 1 heterocycles. The van der Waals surface area contributed by atoms with Crippen LogP contribution in [-0.2, 0) is 0 Å². The molecule has 3 nitrogen and oxygen atoms in total. The normalized spacial score (nSPS) is 10.5. The third-order valence-electron chi connectivity index (χ3n) is 2.18. The summed E-state index contributed by atoms with van der Waals surface area (Å²) in [4.78, 5) is 4.02. The molecule has 0 bridgehead atoms. The Labute approximate surface area is 76.4 Å². The van der Waals surface area contributed by atoms with E-state index in [1.165, 1.54) is 0 Å². The second kappa shape index (κ2) is 2.62. The van der Waals surface area contributed by atoms with Gasteiger partial charge in [-0.3, -0.25) is 0 Å². The SMILES string of the molecule is Cc1cc2c(N)nccc2cc1N. The van der Waals surface area contributed by atoms with Crippen LogP contribution in [0.15, 0.2) is 24.4 Å². The summed E-state index contributed by atoms with van der Waals surface area (Å²) in [7, 11) is 0. The maximum atomic E-state index is 5.77. The number of aromatic nitrogens is 1. The maximum absolute atomic E-state index is 5.77. The topological polar surface area (TPSA) is 64.9 Å². The van der Waals surface area contributed by atoms with E-state index in [-0.39, 0.29) is 0 Å². The van der Waals surface area contributed by atoms with Gasteiger partial charge in [-0.25, -0.2) is 4.98 Å². The summed E-state index contributed by atoms with van der Waals surface area (Å²) in [6, 6.07) is 5.79. The first-order chi connectivity index (χ1) is 6.18. The van der Waals surface area contributed by atoms with Gasteiger partial charge >= 0.3 is 0 Å². The van der Waals surface area contributed by atoms with Crippen LogP contribution < -0.4 is 11.5 Å². The second-order valence-corrected chi connectivity index (χ2v) is 3.13. The Balaban J connectivity index is 2.89. The van der Waals surface area contributed by atoms with E-state index >= 15 is 0 Å². The van der Waals surface area contributed by atoms with Crippen LogP contribution in [0.1, 0.15) is 5.56 Å². The van der Waals surface area contributed by atoms with E-state index in [0.29, 0.717) is 5.82 Å². The Morgan fingerprint density at radius 3 is 2.77 bits per heavy atom. The number of hydrogen-bond donors (Lipinski definition) is 2. The molecule has 13 heavy (non-hydrogen) atoms. The van der Waals surface area contributed by atoms with Gasteiger partial charge in [-0.15, -0.1) is 0 Å². The number of nitrogens with zero attached hydrogens (tertiary/aromatic N) is 1. The van der Waals surface area contributed by atoms with Gasteiger partial charge < -0.3 is 11.5 Å². The maximum Gasteiger partial charge on any atom is 0.131 e. The smallest absolute Gasteiger partial charge is 0.131 e. The zero-order valence-electron chi connectivity index (χ0n) is 7.41. The lowest BCUT2D eigenvalue weighted by molar-refractivity contribution is 1.36. The fourth-order valence-corrected chi connectivity index (χ4v) is 1.37. The van der Waals surface area contributed by atoms with E-state index in [1.807, 2.05) is 25.1 Å². The predicted molar refractivity (Wildman–Crippen MR) is 55.3 cm³/mol. The summed E-state index contributed by atoms with van der Waals surface area (Å²) in [5, 5.41) is 2.00. The Morgan fingerprint density at radius 2 is 2.00 bits per heavy atom. The highest BCUT2D eigenvalue weighted by molar-refractivity contribution is 5.93. The van der Waals surface area contributed by atoms with Crippen molar-refractivity contribution in [2.75, 3.05) is 11.5 Å². The molecule has 66 valence electrons. The Bertz CT molecular complexity index is 463. The van der Waals surface area contributed by atoms with Crippen molar-refractivity contribution < 1.29 is 0 Å².